The quantitative estimate of drug-likeness (QED) is 0.552. The van der Waals surface area contributed by atoms with Gasteiger partial charge in [0.05, 0.1) is 0 Å². The van der Waals surface area contributed by atoms with Crippen LogP contribution in [0.3, 0.4) is 0 Å². The zero-order valence-electron chi connectivity index (χ0n) is 17.1. The normalized spacial score (nSPS) is 18.7. The van der Waals surface area contributed by atoms with Gasteiger partial charge in [0, 0.05) is 6.04 Å². The second kappa shape index (κ2) is 8.20. The van der Waals surface area contributed by atoms with Crippen molar-refractivity contribution in [2.45, 2.75) is 38.3 Å². The van der Waals surface area contributed by atoms with Gasteiger partial charge in [0.2, 0.25) is 0 Å². The molecule has 3 aromatic rings. The Hall–Kier alpha value is -2.58. The lowest BCUT2D eigenvalue weighted by atomic mass is 9.80. The Kier molecular flexibility index (Phi) is 5.50. The van der Waals surface area contributed by atoms with Crippen LogP contribution in [0.15, 0.2) is 72.8 Å². The van der Waals surface area contributed by atoms with E-state index in [0.29, 0.717) is 18.6 Å². The molecule has 0 heterocycles. The van der Waals surface area contributed by atoms with Crippen molar-refractivity contribution >= 4 is 0 Å². The first kappa shape index (κ1) is 18.8. The van der Waals surface area contributed by atoms with Crippen molar-refractivity contribution in [3.05, 3.63) is 89.5 Å². The van der Waals surface area contributed by atoms with E-state index in [0.717, 1.165) is 12.2 Å². The highest BCUT2D eigenvalue weighted by Crippen LogP contribution is 2.35. The molecule has 1 aliphatic rings. The highest BCUT2D eigenvalue weighted by molar-refractivity contribution is 5.63. The number of hydrogen-bond acceptors (Lipinski definition) is 2. The van der Waals surface area contributed by atoms with E-state index in [4.69, 9.17) is 4.74 Å². The zero-order chi connectivity index (χ0) is 19.5. The molecule has 0 spiro atoms. The molecule has 0 saturated heterocycles. The van der Waals surface area contributed by atoms with Gasteiger partial charge in [-0.05, 0) is 72.8 Å². The standard InChI is InChI=1S/C26H29NO/c1-19-25-15-14-24(17-23(25)13-16-26(19)27(2)3)28-18-20-9-11-22(12-10-20)21-7-5-4-6-8-21/h4-12,14-15,17,19,26H,13,16,18H2,1-3H3. The first-order valence-electron chi connectivity index (χ1n) is 10.2. The van der Waals surface area contributed by atoms with Gasteiger partial charge in [-0.15, -0.1) is 0 Å². The van der Waals surface area contributed by atoms with Gasteiger partial charge in [0.1, 0.15) is 12.4 Å². The Morgan fingerprint density at radius 1 is 0.893 bits per heavy atom. The predicted octanol–water partition coefficient (Wildman–Crippen LogP) is 5.91. The molecule has 1 aliphatic carbocycles. The molecule has 3 aromatic carbocycles. The van der Waals surface area contributed by atoms with E-state index in [1.807, 2.05) is 6.07 Å². The molecule has 0 radical (unpaired) electrons. The number of rotatable bonds is 5. The first-order valence-corrected chi connectivity index (χ1v) is 10.2. The third kappa shape index (κ3) is 3.98. The summed E-state index contributed by atoms with van der Waals surface area (Å²) in [6, 6.07) is 26.4. The number of aryl methyl sites for hydroxylation is 1. The van der Waals surface area contributed by atoms with Crippen molar-refractivity contribution in [2.24, 2.45) is 0 Å². The summed E-state index contributed by atoms with van der Waals surface area (Å²) in [5, 5.41) is 0. The summed E-state index contributed by atoms with van der Waals surface area (Å²) in [5.74, 6) is 1.54. The molecular weight excluding hydrogens is 342 g/mol. The highest BCUT2D eigenvalue weighted by atomic mass is 16.5. The van der Waals surface area contributed by atoms with Crippen LogP contribution < -0.4 is 4.74 Å². The minimum absolute atomic E-state index is 0.568. The van der Waals surface area contributed by atoms with Crippen LogP contribution >= 0.6 is 0 Å². The fraction of sp³-hybridized carbons (Fsp3) is 0.308. The third-order valence-electron chi connectivity index (χ3n) is 6.02. The average Bonchev–Trinajstić information content (AvgIpc) is 2.73. The second-order valence-corrected chi connectivity index (χ2v) is 8.07. The number of benzene rings is 3. The summed E-state index contributed by atoms with van der Waals surface area (Å²) in [6.45, 7) is 2.95. The molecule has 0 amide bonds. The van der Waals surface area contributed by atoms with Crippen molar-refractivity contribution in [1.29, 1.82) is 0 Å². The van der Waals surface area contributed by atoms with Crippen molar-refractivity contribution in [3.63, 3.8) is 0 Å². The molecule has 0 saturated carbocycles. The van der Waals surface area contributed by atoms with Crippen LogP contribution in [0, 0.1) is 0 Å². The lowest BCUT2D eigenvalue weighted by Crippen LogP contribution is -2.36. The molecule has 0 aliphatic heterocycles. The summed E-state index contributed by atoms with van der Waals surface area (Å²) in [4.78, 5) is 2.36. The Bertz CT molecular complexity index is 915. The Morgan fingerprint density at radius 3 is 2.32 bits per heavy atom. The molecule has 0 aromatic heterocycles. The van der Waals surface area contributed by atoms with Gasteiger partial charge in [-0.2, -0.15) is 0 Å². The topological polar surface area (TPSA) is 12.5 Å². The minimum Gasteiger partial charge on any atom is -0.489 e. The third-order valence-corrected chi connectivity index (χ3v) is 6.02. The van der Waals surface area contributed by atoms with Crippen LogP contribution in [-0.2, 0) is 13.0 Å². The van der Waals surface area contributed by atoms with E-state index in [1.54, 1.807) is 0 Å². The van der Waals surface area contributed by atoms with Gasteiger partial charge in [0.25, 0.3) is 0 Å². The second-order valence-electron chi connectivity index (χ2n) is 8.07. The van der Waals surface area contributed by atoms with Crippen molar-refractivity contribution in [3.8, 4) is 16.9 Å². The Labute approximate surface area is 168 Å². The number of hydrogen-bond donors (Lipinski definition) is 0. The van der Waals surface area contributed by atoms with Crippen LogP contribution in [-0.4, -0.2) is 25.0 Å². The maximum absolute atomic E-state index is 6.10. The molecule has 4 rings (SSSR count). The maximum atomic E-state index is 6.10. The average molecular weight is 372 g/mol. The molecule has 0 bridgehead atoms. The van der Waals surface area contributed by atoms with E-state index >= 15 is 0 Å². The van der Waals surface area contributed by atoms with E-state index in [1.165, 1.54) is 34.2 Å². The molecule has 2 unspecified atom stereocenters. The molecule has 2 atom stereocenters. The largest absolute Gasteiger partial charge is 0.489 e. The monoisotopic (exact) mass is 371 g/mol. The minimum atomic E-state index is 0.568. The van der Waals surface area contributed by atoms with E-state index < -0.39 is 0 Å². The first-order chi connectivity index (χ1) is 13.6. The predicted molar refractivity (Wildman–Crippen MR) is 117 cm³/mol. The van der Waals surface area contributed by atoms with E-state index in [-0.39, 0.29) is 0 Å². The highest BCUT2D eigenvalue weighted by Gasteiger charge is 2.27. The number of ether oxygens (including phenoxy) is 1. The number of fused-ring (bicyclic) bond motifs is 1. The van der Waals surface area contributed by atoms with E-state index in [9.17, 15) is 0 Å². The lowest BCUT2D eigenvalue weighted by Gasteiger charge is -2.35. The van der Waals surface area contributed by atoms with E-state index in [2.05, 4.69) is 92.6 Å². The zero-order valence-corrected chi connectivity index (χ0v) is 17.1. The maximum Gasteiger partial charge on any atom is 0.120 e. The summed E-state index contributed by atoms with van der Waals surface area (Å²) >= 11 is 0. The van der Waals surface area contributed by atoms with Crippen LogP contribution in [0.5, 0.6) is 5.75 Å². The molecule has 144 valence electrons. The lowest BCUT2D eigenvalue weighted by molar-refractivity contribution is 0.236. The fourth-order valence-corrected chi connectivity index (χ4v) is 4.39. The van der Waals surface area contributed by atoms with Gasteiger partial charge in [-0.25, -0.2) is 0 Å². The van der Waals surface area contributed by atoms with Crippen molar-refractivity contribution in [2.75, 3.05) is 14.1 Å². The number of nitrogens with zero attached hydrogens (tertiary/aromatic N) is 1. The Balaban J connectivity index is 1.42. The summed E-state index contributed by atoms with van der Waals surface area (Å²) in [6.07, 6.45) is 2.34. The summed E-state index contributed by atoms with van der Waals surface area (Å²) < 4.78 is 6.10. The molecule has 2 heteroatoms. The molecule has 28 heavy (non-hydrogen) atoms. The van der Waals surface area contributed by atoms with Gasteiger partial charge in [-0.1, -0.05) is 67.6 Å². The van der Waals surface area contributed by atoms with Crippen LogP contribution in [0.4, 0.5) is 0 Å². The molecule has 0 N–H and O–H groups in total. The smallest absolute Gasteiger partial charge is 0.120 e. The van der Waals surface area contributed by atoms with Gasteiger partial charge in [0.15, 0.2) is 0 Å². The summed E-state index contributed by atoms with van der Waals surface area (Å²) in [7, 11) is 4.37. The van der Waals surface area contributed by atoms with Gasteiger partial charge < -0.3 is 9.64 Å². The molecule has 2 nitrogen and oxygen atoms in total. The molecule has 0 fully saturated rings. The van der Waals surface area contributed by atoms with Crippen LogP contribution in [0.1, 0.15) is 36.0 Å². The number of likely N-dealkylation sites (N-methyl/N-ethyl adjacent to an activating group) is 1. The SMILES string of the molecule is CC1c2ccc(OCc3ccc(-c4ccccc4)cc3)cc2CCC1N(C)C. The summed E-state index contributed by atoms with van der Waals surface area (Å²) in [5.41, 5.74) is 6.60. The Morgan fingerprint density at radius 2 is 1.61 bits per heavy atom. The van der Waals surface area contributed by atoms with Crippen LogP contribution in [0.2, 0.25) is 0 Å². The van der Waals surface area contributed by atoms with Gasteiger partial charge >= 0.3 is 0 Å². The van der Waals surface area contributed by atoms with Gasteiger partial charge in [-0.3, -0.25) is 0 Å². The van der Waals surface area contributed by atoms with Crippen LogP contribution in [0.25, 0.3) is 11.1 Å². The van der Waals surface area contributed by atoms with Crippen molar-refractivity contribution < 1.29 is 4.74 Å². The fourth-order valence-electron chi connectivity index (χ4n) is 4.39. The van der Waals surface area contributed by atoms with Crippen molar-refractivity contribution in [1.82, 2.24) is 4.90 Å². The molecular formula is C26H29NO.